The Morgan fingerprint density at radius 3 is 1.80 bits per heavy atom. The number of aryl methyl sites for hydroxylation is 1. The van der Waals surface area contributed by atoms with Crippen LogP contribution in [0.3, 0.4) is 0 Å². The number of ether oxygens (including phenoxy) is 1. The van der Waals surface area contributed by atoms with Crippen molar-refractivity contribution in [3.8, 4) is 22.6 Å². The summed E-state index contributed by atoms with van der Waals surface area (Å²) in [7, 11) is -7.22. The van der Waals surface area contributed by atoms with E-state index in [0.29, 0.717) is 25.4 Å². The first-order valence-electron chi connectivity index (χ1n) is 23.1. The van der Waals surface area contributed by atoms with Crippen molar-refractivity contribution in [3.63, 3.8) is 0 Å². The van der Waals surface area contributed by atoms with Gasteiger partial charge in [-0.1, -0.05) is 72.8 Å². The van der Waals surface area contributed by atoms with Gasteiger partial charge in [-0.15, -0.1) is 0 Å². The standard InChI is InChI=1S/C11H9N.C9H14BNO3.C9H9N3.C9H10N2.C7H11NOSi.C5H5NO3S.C2H5NO2/c1-2-6-10(7-3-1)11-8-4-5-9-12-11;1-2-13-7-8-14-10(12)9-5-3-4-6-11-9;1-7-6-9(12-11-7)8-4-2-3-5-10-8;1-2-5-9(6-3-1)11-8-4-7-10-11;1-10(2,9)7-5-3-4-6-8-7;7-10(8,9)5-3-1-2-4-6-5;3-1-2(4)5/h1-9H;3-6,12H,2,7-8H2,1H3;2-6H,1H3,(H,11,12);1-2,4-5,7-8H,3,6H2;3-6,9H,1-2H3;1-4H,(H,7,8,9);1,3H2,(H,4,5). The van der Waals surface area contributed by atoms with E-state index in [1.165, 1.54) is 24.0 Å². The maximum atomic E-state index is 10.3. The molecular weight excluding hydrogens is 980 g/mol. The molecule has 1 aliphatic rings. The molecule has 22 heteroatoms. The Morgan fingerprint density at radius 2 is 1.36 bits per heavy atom. The number of nitrogens with one attached hydrogen (secondary N) is 1. The van der Waals surface area contributed by atoms with Crippen LogP contribution in [0.5, 0.6) is 0 Å². The Balaban J connectivity index is 0.000000231. The van der Waals surface area contributed by atoms with E-state index in [1.54, 1.807) is 49.1 Å². The van der Waals surface area contributed by atoms with Gasteiger partial charge in [0.2, 0.25) is 8.32 Å². The number of aliphatic carboxylic acids is 1. The van der Waals surface area contributed by atoms with Crippen LogP contribution in [-0.4, -0.2) is 121 Å². The molecule has 0 fully saturated rings. The first kappa shape index (κ1) is 60.6. The van der Waals surface area contributed by atoms with Gasteiger partial charge in [-0.2, -0.15) is 18.6 Å². The minimum atomic E-state index is -4.11. The third kappa shape index (κ3) is 25.6. The van der Waals surface area contributed by atoms with Gasteiger partial charge in [0.05, 0.1) is 42.1 Å². The molecule has 0 saturated carbocycles. The number of carbonyl (C=O) groups is 1. The van der Waals surface area contributed by atoms with Crippen molar-refractivity contribution in [2.75, 3.05) is 26.4 Å². The summed E-state index contributed by atoms with van der Waals surface area (Å²) < 4.78 is 41.1. The van der Waals surface area contributed by atoms with Crippen molar-refractivity contribution in [1.82, 2.24) is 44.9 Å². The molecule has 0 saturated heterocycles. The number of benzene rings is 1. The van der Waals surface area contributed by atoms with Crippen LogP contribution < -0.4 is 16.6 Å². The van der Waals surface area contributed by atoms with Gasteiger partial charge in [0.15, 0.2) is 5.03 Å². The number of rotatable bonds is 12. The quantitative estimate of drug-likeness (QED) is 0.0447. The van der Waals surface area contributed by atoms with E-state index in [9.17, 15) is 23.0 Å². The van der Waals surface area contributed by atoms with Gasteiger partial charge in [0.25, 0.3) is 0 Å². The van der Waals surface area contributed by atoms with Crippen molar-refractivity contribution in [2.45, 2.75) is 44.8 Å². The summed E-state index contributed by atoms with van der Waals surface area (Å²) in [5.41, 5.74) is 11.4. The lowest BCUT2D eigenvalue weighted by Crippen LogP contribution is -2.43. The number of carboxylic acid groups (broad SMARTS) is 1. The molecule has 8 aromatic rings. The highest BCUT2D eigenvalue weighted by molar-refractivity contribution is 7.85. The SMILES string of the molecule is C1=CCCC(n2cccn2)=C1.CCOCCOB(O)c1ccccn1.C[Si](C)(O)c1ccccn1.Cc1cc(-c2ccccn2)n[nH]1.NCC(=O)O.O=S(=O)(O)c1ccccn1.c1ccc(-c2ccccn2)cc1. The maximum absolute atomic E-state index is 10.3. The number of aromatic amines is 1. The fraction of sp³-hybridized carbons (Fsp3) is 0.192. The highest BCUT2D eigenvalue weighted by Gasteiger charge is 2.20. The van der Waals surface area contributed by atoms with E-state index in [4.69, 9.17) is 19.1 Å². The molecule has 7 aromatic heterocycles. The summed E-state index contributed by atoms with van der Waals surface area (Å²) in [6.07, 6.45) is 20.6. The normalized spacial score (nSPS) is 11.2. The smallest absolute Gasteiger partial charge is 0.480 e. The van der Waals surface area contributed by atoms with E-state index in [1.807, 2.05) is 129 Å². The van der Waals surface area contributed by atoms with E-state index in [2.05, 4.69) is 76.3 Å². The lowest BCUT2D eigenvalue weighted by atomic mass is 9.85. The highest BCUT2D eigenvalue weighted by atomic mass is 32.2. The van der Waals surface area contributed by atoms with Crippen LogP contribution in [-0.2, 0) is 24.3 Å². The number of nitrogens with two attached hydrogens (primary N) is 1. The van der Waals surface area contributed by atoms with E-state index >= 15 is 0 Å². The summed E-state index contributed by atoms with van der Waals surface area (Å²) in [6, 6.07) is 41.0. The number of nitrogens with zero attached hydrogens (tertiary/aromatic N) is 8. The first-order valence-corrected chi connectivity index (χ1v) is 27.5. The molecule has 0 aliphatic heterocycles. The average molecular weight is 1040 g/mol. The molecule has 1 aromatic carbocycles. The van der Waals surface area contributed by atoms with E-state index in [0.717, 1.165) is 46.5 Å². The van der Waals surface area contributed by atoms with Crippen LogP contribution in [0.1, 0.15) is 25.5 Å². The Morgan fingerprint density at radius 1 is 0.770 bits per heavy atom. The Hall–Kier alpha value is -7.67. The third-order valence-corrected chi connectivity index (χ3v) is 11.5. The van der Waals surface area contributed by atoms with Gasteiger partial charge < -0.3 is 30.1 Å². The van der Waals surface area contributed by atoms with Crippen molar-refractivity contribution in [1.29, 1.82) is 0 Å². The second kappa shape index (κ2) is 34.7. The molecular formula is C52H63BN10O9SSi. The number of allylic oxidation sites excluding steroid dienone is 4. The Bertz CT molecular complexity index is 2840. The third-order valence-electron chi connectivity index (χ3n) is 9.17. The largest absolute Gasteiger partial charge is 0.510 e. The summed E-state index contributed by atoms with van der Waals surface area (Å²) in [6.45, 7) is 8.83. The zero-order chi connectivity index (χ0) is 53.9. The van der Waals surface area contributed by atoms with Gasteiger partial charge in [0, 0.05) is 66.9 Å². The molecule has 1 aliphatic carbocycles. The lowest BCUT2D eigenvalue weighted by Gasteiger charge is -2.11. The number of pyridine rings is 5. The fourth-order valence-electron chi connectivity index (χ4n) is 5.62. The second-order valence-electron chi connectivity index (χ2n) is 15.5. The molecule has 7 heterocycles. The summed E-state index contributed by atoms with van der Waals surface area (Å²) in [4.78, 5) is 38.7. The van der Waals surface area contributed by atoms with Crippen LogP contribution in [0.4, 0.5) is 0 Å². The van der Waals surface area contributed by atoms with Crippen molar-refractivity contribution < 1.29 is 42.1 Å². The number of aromatic nitrogens is 9. The molecule has 0 unspecified atom stereocenters. The predicted molar refractivity (Wildman–Crippen MR) is 290 cm³/mol. The monoisotopic (exact) mass is 1040 g/mol. The Kier molecular flexibility index (Phi) is 28.4. The molecule has 388 valence electrons. The molecule has 19 nitrogen and oxygen atoms in total. The summed E-state index contributed by atoms with van der Waals surface area (Å²) in [5, 5.41) is 28.7. The van der Waals surface area contributed by atoms with Gasteiger partial charge in [-0.3, -0.25) is 34.4 Å². The number of carboxylic acids is 1. The van der Waals surface area contributed by atoms with Crippen molar-refractivity contribution >= 4 is 48.1 Å². The van der Waals surface area contributed by atoms with Crippen LogP contribution in [0.15, 0.2) is 200 Å². The van der Waals surface area contributed by atoms with E-state index < -0.39 is 31.5 Å². The van der Waals surface area contributed by atoms with Crippen LogP contribution in [0.25, 0.3) is 28.3 Å². The lowest BCUT2D eigenvalue weighted by molar-refractivity contribution is -0.135. The van der Waals surface area contributed by atoms with Crippen molar-refractivity contribution in [3.05, 3.63) is 201 Å². The molecule has 0 atom stereocenters. The number of hydrogen-bond acceptors (Lipinski definition) is 15. The van der Waals surface area contributed by atoms with Gasteiger partial charge in [0.1, 0.15) is 5.69 Å². The van der Waals surface area contributed by atoms with Gasteiger partial charge in [-0.25, -0.2) is 9.67 Å². The average Bonchev–Trinajstić information content (AvgIpc) is 4.15. The molecule has 0 amide bonds. The summed E-state index contributed by atoms with van der Waals surface area (Å²) >= 11 is 0. The van der Waals surface area contributed by atoms with E-state index in [-0.39, 0.29) is 11.6 Å². The van der Waals surface area contributed by atoms with Crippen LogP contribution in [0, 0.1) is 6.92 Å². The molecule has 0 radical (unpaired) electrons. The molecule has 0 spiro atoms. The molecule has 74 heavy (non-hydrogen) atoms. The summed E-state index contributed by atoms with van der Waals surface area (Å²) in [5.74, 6) is -0.968. The number of hydrogen-bond donors (Lipinski definition) is 6. The highest BCUT2D eigenvalue weighted by Crippen LogP contribution is 2.16. The molecule has 7 N–H and O–H groups in total. The fourth-order valence-corrected chi connectivity index (χ4v) is 6.96. The minimum Gasteiger partial charge on any atom is -0.480 e. The number of H-pyrrole nitrogens is 1. The topological polar surface area (TPSA) is 288 Å². The minimum absolute atomic E-state index is 0.278. The zero-order valence-corrected chi connectivity index (χ0v) is 43.5. The maximum Gasteiger partial charge on any atom is 0.510 e. The van der Waals surface area contributed by atoms with Gasteiger partial charge >= 0.3 is 23.2 Å². The Labute approximate surface area is 433 Å². The van der Waals surface area contributed by atoms with Crippen molar-refractivity contribution in [2.24, 2.45) is 5.73 Å². The zero-order valence-electron chi connectivity index (χ0n) is 41.7. The first-order chi connectivity index (χ1) is 35.6. The second-order valence-corrected chi connectivity index (χ2v) is 20.5. The molecule has 0 bridgehead atoms. The molecule has 9 rings (SSSR count). The predicted octanol–water partition coefficient (Wildman–Crippen LogP) is 6.27. The van der Waals surface area contributed by atoms with Crippen LogP contribution >= 0.6 is 0 Å². The van der Waals surface area contributed by atoms with Gasteiger partial charge in [-0.05, 0) is 119 Å². The van der Waals surface area contributed by atoms with Crippen LogP contribution in [0.2, 0.25) is 13.1 Å².